The first kappa shape index (κ1) is 25.6. The lowest BCUT2D eigenvalue weighted by molar-refractivity contribution is 0.630. The number of aromatic nitrogens is 5. The summed E-state index contributed by atoms with van der Waals surface area (Å²) in [6.07, 6.45) is 1.84. The van der Waals surface area contributed by atoms with Crippen molar-refractivity contribution in [1.82, 2.24) is 25.6 Å². The molecule has 3 aromatic heterocycles. The molecule has 7 nitrogen and oxygen atoms in total. The molecule has 0 saturated heterocycles. The molecular formula is C25H23BrClIN6O. The van der Waals surface area contributed by atoms with Crippen molar-refractivity contribution in [1.29, 1.82) is 0 Å². The molecule has 0 atom stereocenters. The van der Waals surface area contributed by atoms with Gasteiger partial charge in [0.2, 0.25) is 0 Å². The van der Waals surface area contributed by atoms with Crippen LogP contribution in [0.3, 0.4) is 0 Å². The minimum absolute atomic E-state index is 0. The average molecular weight is 666 g/mol. The van der Waals surface area contributed by atoms with Crippen molar-refractivity contribution in [3.05, 3.63) is 73.5 Å². The number of halogens is 3. The van der Waals surface area contributed by atoms with E-state index in [0.29, 0.717) is 12.4 Å². The number of anilines is 1. The summed E-state index contributed by atoms with van der Waals surface area (Å²) < 4.78 is 8.35. The van der Waals surface area contributed by atoms with Gasteiger partial charge in [-0.3, -0.25) is 4.98 Å². The Balaban J connectivity index is 0.00000289. The third kappa shape index (κ3) is 5.07. The van der Waals surface area contributed by atoms with Gasteiger partial charge in [-0.25, -0.2) is 5.10 Å². The van der Waals surface area contributed by atoms with Crippen LogP contribution in [0.5, 0.6) is 0 Å². The van der Waals surface area contributed by atoms with Crippen LogP contribution in [0.2, 0.25) is 0 Å². The van der Waals surface area contributed by atoms with Crippen molar-refractivity contribution in [3.63, 3.8) is 0 Å². The van der Waals surface area contributed by atoms with Gasteiger partial charge in [-0.05, 0) is 85.6 Å². The highest BCUT2D eigenvalue weighted by molar-refractivity contribution is 14.1. The van der Waals surface area contributed by atoms with Crippen molar-refractivity contribution >= 4 is 67.6 Å². The molecule has 180 valence electrons. The molecule has 0 saturated carbocycles. The zero-order valence-corrected chi connectivity index (χ0v) is 23.7. The number of benzene rings is 2. The Morgan fingerprint density at radius 3 is 2.57 bits per heavy atom. The maximum absolute atomic E-state index is 6.26. The zero-order valence-electron chi connectivity index (χ0n) is 19.1. The third-order valence-electron chi connectivity index (χ3n) is 5.72. The van der Waals surface area contributed by atoms with Gasteiger partial charge in [0.25, 0.3) is 0 Å². The maximum Gasteiger partial charge on any atom is 0.180 e. The number of fused-ring (bicyclic) bond motifs is 1. The lowest BCUT2D eigenvalue weighted by Crippen LogP contribution is -2.06. The first-order valence-corrected chi connectivity index (χ1v) is 12.9. The summed E-state index contributed by atoms with van der Waals surface area (Å²) in [5, 5.41) is 19.0. The second-order valence-corrected chi connectivity index (χ2v) is 9.73. The average Bonchev–Trinajstić information content (AvgIpc) is 3.52. The van der Waals surface area contributed by atoms with Crippen LogP contribution >= 0.6 is 50.9 Å². The zero-order chi connectivity index (χ0) is 23.7. The first-order valence-electron chi connectivity index (χ1n) is 11.1. The fourth-order valence-corrected chi connectivity index (χ4v) is 5.39. The topological polar surface area (TPSA) is 92.5 Å². The Morgan fingerprint density at radius 1 is 1.06 bits per heavy atom. The van der Waals surface area contributed by atoms with E-state index in [2.05, 4.69) is 96.5 Å². The van der Waals surface area contributed by atoms with E-state index in [1.54, 1.807) is 0 Å². The minimum Gasteiger partial charge on any atom is -0.455 e. The molecule has 0 amide bonds. The highest BCUT2D eigenvalue weighted by atomic mass is 127. The molecule has 3 heterocycles. The molecule has 0 fully saturated rings. The predicted molar refractivity (Wildman–Crippen MR) is 153 cm³/mol. The van der Waals surface area contributed by atoms with Crippen molar-refractivity contribution in [2.75, 3.05) is 5.32 Å². The fourth-order valence-electron chi connectivity index (χ4n) is 3.94. The van der Waals surface area contributed by atoms with Crippen molar-refractivity contribution in [2.24, 2.45) is 0 Å². The second-order valence-electron chi connectivity index (χ2n) is 7.85. The van der Waals surface area contributed by atoms with Crippen LogP contribution in [0.25, 0.3) is 33.7 Å². The molecule has 0 spiro atoms. The van der Waals surface area contributed by atoms with E-state index in [4.69, 9.17) is 9.40 Å². The lowest BCUT2D eigenvalue weighted by atomic mass is 10.0. The van der Waals surface area contributed by atoms with Crippen LogP contribution in [-0.2, 0) is 19.4 Å². The Bertz CT molecular complexity index is 1470. The fraction of sp³-hybridized carbons (Fsp3) is 0.200. The van der Waals surface area contributed by atoms with Crippen LogP contribution in [0, 0.1) is 3.57 Å². The summed E-state index contributed by atoms with van der Waals surface area (Å²) in [4.78, 5) is 4.75. The van der Waals surface area contributed by atoms with Gasteiger partial charge in [0.05, 0.1) is 19.4 Å². The lowest BCUT2D eigenvalue weighted by Gasteiger charge is -2.13. The van der Waals surface area contributed by atoms with E-state index in [0.717, 1.165) is 67.8 Å². The third-order valence-corrected chi connectivity index (χ3v) is 7.71. The highest BCUT2D eigenvalue weighted by Gasteiger charge is 2.19. The summed E-state index contributed by atoms with van der Waals surface area (Å²) in [5.74, 6) is 1.34. The van der Waals surface area contributed by atoms with Crippen LogP contribution in [0.15, 0.2) is 57.4 Å². The van der Waals surface area contributed by atoms with E-state index < -0.39 is 0 Å². The largest absolute Gasteiger partial charge is 0.455 e. The van der Waals surface area contributed by atoms with Gasteiger partial charge in [-0.1, -0.05) is 44.2 Å². The van der Waals surface area contributed by atoms with E-state index in [1.165, 1.54) is 3.57 Å². The van der Waals surface area contributed by atoms with Crippen LogP contribution in [-0.4, -0.2) is 25.6 Å². The molecule has 0 radical (unpaired) electrons. The number of hydrogen-bond acceptors (Lipinski definition) is 6. The van der Waals surface area contributed by atoms with Crippen molar-refractivity contribution < 1.29 is 4.42 Å². The van der Waals surface area contributed by atoms with Gasteiger partial charge < -0.3 is 9.73 Å². The molecule has 0 aliphatic heterocycles. The number of nitrogens with one attached hydrogen (secondary N) is 2. The molecule has 5 rings (SSSR count). The summed E-state index contributed by atoms with van der Waals surface area (Å²) in [6, 6.07) is 16.3. The number of aryl methyl sites for hydroxylation is 2. The Kier molecular flexibility index (Phi) is 8.08. The number of tetrazole rings is 1. The molecule has 5 aromatic rings. The summed E-state index contributed by atoms with van der Waals surface area (Å²) >= 11 is 6.17. The van der Waals surface area contributed by atoms with Crippen molar-refractivity contribution in [2.45, 2.75) is 33.2 Å². The second kappa shape index (κ2) is 11.0. The van der Waals surface area contributed by atoms with Gasteiger partial charge in [0.15, 0.2) is 5.82 Å². The number of H-pyrrole nitrogens is 1. The number of pyridine rings is 1. The first-order chi connectivity index (χ1) is 16.6. The van der Waals surface area contributed by atoms with Gasteiger partial charge in [-0.2, -0.15) is 0 Å². The Morgan fingerprint density at radius 2 is 1.86 bits per heavy atom. The molecule has 2 N–H and O–H groups in total. The number of hydrogen-bond donors (Lipinski definition) is 2. The molecule has 35 heavy (non-hydrogen) atoms. The molecule has 2 aromatic carbocycles. The van der Waals surface area contributed by atoms with Crippen LogP contribution in [0.4, 0.5) is 5.69 Å². The quantitative estimate of drug-likeness (QED) is 0.179. The van der Waals surface area contributed by atoms with E-state index in [9.17, 15) is 0 Å². The molecular weight excluding hydrogens is 643 g/mol. The minimum atomic E-state index is 0. The van der Waals surface area contributed by atoms with Gasteiger partial charge in [-0.15, -0.1) is 17.5 Å². The summed E-state index contributed by atoms with van der Waals surface area (Å²) in [5.41, 5.74) is 7.15. The number of rotatable bonds is 7. The number of furan rings is 1. The van der Waals surface area contributed by atoms with Gasteiger partial charge in [0, 0.05) is 28.8 Å². The summed E-state index contributed by atoms with van der Waals surface area (Å²) in [7, 11) is 0. The molecule has 0 unspecified atom stereocenters. The molecule has 10 heteroatoms. The van der Waals surface area contributed by atoms with Crippen LogP contribution in [0.1, 0.15) is 30.8 Å². The highest BCUT2D eigenvalue weighted by Crippen LogP contribution is 2.41. The molecule has 0 bridgehead atoms. The predicted octanol–water partition coefficient (Wildman–Crippen LogP) is 7.20. The van der Waals surface area contributed by atoms with E-state index in [-0.39, 0.29) is 12.4 Å². The number of nitrogens with zero attached hydrogens (tertiary/aromatic N) is 4. The van der Waals surface area contributed by atoms with E-state index in [1.807, 2.05) is 30.3 Å². The SMILES string of the molecule is CCc1cc(NCc2ccc3oc(-c4ccccc4-c4nnn[nH]4)c(Br)c3c2)c(I)c(CC)n1.Cl. The van der Waals surface area contributed by atoms with E-state index >= 15 is 0 Å². The summed E-state index contributed by atoms with van der Waals surface area (Å²) in [6.45, 7) is 4.99. The molecule has 0 aliphatic rings. The smallest absolute Gasteiger partial charge is 0.180 e. The van der Waals surface area contributed by atoms with Crippen LogP contribution < -0.4 is 5.32 Å². The van der Waals surface area contributed by atoms with Crippen molar-refractivity contribution in [3.8, 4) is 22.7 Å². The Labute approximate surface area is 231 Å². The normalized spacial score (nSPS) is 11.0. The molecule has 0 aliphatic carbocycles. The Hall–Kier alpha value is -2.50. The monoisotopic (exact) mass is 664 g/mol. The number of aromatic amines is 1. The maximum atomic E-state index is 6.26. The van der Waals surface area contributed by atoms with Gasteiger partial charge >= 0.3 is 0 Å². The standard InChI is InChI=1S/C25H22BrIN6O.ClH/c1-3-15-12-20(23(27)19(4-2)29-15)28-13-14-9-10-21-18(11-14)22(26)24(34-21)16-7-5-6-8-17(16)25-30-32-33-31-25;/h5-12H,3-4,13H2,1-2H3,(H,28,29)(H,30,31,32,33);1H. The van der Waals surface area contributed by atoms with Gasteiger partial charge in [0.1, 0.15) is 11.3 Å².